The average molecular weight is 714 g/mol. The number of likely N-dealkylation sites (N-methyl/N-ethyl adjacent to an activating group) is 1. The third-order valence-electron chi connectivity index (χ3n) is 17.1. The number of aliphatic carboxylic acids is 1. The number of carboxylic acid groups (broad SMARTS) is 1. The standard InChI is InChI=1S/C43H63N5O4/c1-27(2)28(3)39(4)17-18-41(6)31-11-12-34-40(5)24-51-25-43(34,32(31)13-16-42(41,7)35(39)38(49)50)22-33(36(40)52-23-30-10-9-21-47(30)8)48-37(45-26-46-48)29-14-19-44-20-15-29/h13-15,19-20,26-28,30-31,33-36H,9-12,16-18,21-25H2,1-8H3,(H,49,50)/t28-,30+,31+,33-,34+,35-,36+,39-,40+,41-,42+,43+/m1/s1. The Morgan fingerprint density at radius 2 is 1.83 bits per heavy atom. The zero-order chi connectivity index (χ0) is 36.8. The number of fused-ring (bicyclic) bond motifs is 3. The highest BCUT2D eigenvalue weighted by Gasteiger charge is 2.72. The second-order valence-corrected chi connectivity index (χ2v) is 19.4. The van der Waals surface area contributed by atoms with E-state index in [9.17, 15) is 9.90 Å². The largest absolute Gasteiger partial charge is 0.481 e. The summed E-state index contributed by atoms with van der Waals surface area (Å²) in [4.78, 5) is 25.1. The van der Waals surface area contributed by atoms with Crippen LogP contribution in [0.5, 0.6) is 0 Å². The van der Waals surface area contributed by atoms with E-state index < -0.39 is 11.9 Å². The van der Waals surface area contributed by atoms with Gasteiger partial charge in [0.25, 0.3) is 0 Å². The quantitative estimate of drug-likeness (QED) is 0.275. The molecule has 0 aromatic carbocycles. The van der Waals surface area contributed by atoms with Crippen LogP contribution in [0.2, 0.25) is 0 Å². The number of nitrogens with zero attached hydrogens (tertiary/aromatic N) is 5. The van der Waals surface area contributed by atoms with Crippen LogP contribution in [-0.2, 0) is 14.3 Å². The van der Waals surface area contributed by atoms with Gasteiger partial charge in [0.05, 0.1) is 37.9 Å². The van der Waals surface area contributed by atoms with Gasteiger partial charge in [-0.1, -0.05) is 60.1 Å². The van der Waals surface area contributed by atoms with Gasteiger partial charge in [0.1, 0.15) is 6.33 Å². The van der Waals surface area contributed by atoms with E-state index in [0.717, 1.165) is 62.9 Å². The van der Waals surface area contributed by atoms with Gasteiger partial charge in [0.15, 0.2) is 5.82 Å². The second-order valence-electron chi connectivity index (χ2n) is 19.4. The normalized spacial score (nSPS) is 43.7. The van der Waals surface area contributed by atoms with Crippen LogP contribution in [0.3, 0.4) is 0 Å². The summed E-state index contributed by atoms with van der Waals surface area (Å²) < 4.78 is 16.3. The predicted octanol–water partition coefficient (Wildman–Crippen LogP) is 7.95. The summed E-state index contributed by atoms with van der Waals surface area (Å²) >= 11 is 0. The molecule has 5 fully saturated rings. The van der Waals surface area contributed by atoms with Gasteiger partial charge in [-0.15, -0.1) is 0 Å². The molecule has 2 bridgehead atoms. The fourth-order valence-corrected chi connectivity index (χ4v) is 13.7. The zero-order valence-corrected chi connectivity index (χ0v) is 33.0. The van der Waals surface area contributed by atoms with Crippen LogP contribution >= 0.6 is 0 Å². The summed E-state index contributed by atoms with van der Waals surface area (Å²) in [6.45, 7) is 19.6. The number of rotatable bonds is 8. The van der Waals surface area contributed by atoms with Gasteiger partial charge in [-0.3, -0.25) is 9.78 Å². The zero-order valence-electron chi connectivity index (χ0n) is 33.0. The smallest absolute Gasteiger partial charge is 0.307 e. The molecule has 2 aromatic heterocycles. The summed E-state index contributed by atoms with van der Waals surface area (Å²) in [5, 5.41) is 16.1. The van der Waals surface area contributed by atoms with Crippen molar-refractivity contribution < 1.29 is 19.4 Å². The fourth-order valence-electron chi connectivity index (χ4n) is 13.7. The Labute approximate surface area is 311 Å². The van der Waals surface area contributed by atoms with E-state index in [0.29, 0.717) is 49.5 Å². The molecule has 0 spiro atoms. The maximum absolute atomic E-state index is 13.6. The molecular weight excluding hydrogens is 651 g/mol. The molecule has 1 N–H and O–H groups in total. The Bertz CT molecular complexity index is 1690. The number of aromatic nitrogens is 4. The van der Waals surface area contributed by atoms with Crippen molar-refractivity contribution in [2.75, 3.05) is 33.4 Å². The van der Waals surface area contributed by atoms with Crippen LogP contribution in [0.1, 0.15) is 106 Å². The van der Waals surface area contributed by atoms with Gasteiger partial charge in [0.2, 0.25) is 0 Å². The molecule has 12 atom stereocenters. The Morgan fingerprint density at radius 3 is 2.52 bits per heavy atom. The van der Waals surface area contributed by atoms with Crippen molar-refractivity contribution in [3.05, 3.63) is 42.5 Å². The maximum Gasteiger partial charge on any atom is 0.307 e. The van der Waals surface area contributed by atoms with Crippen molar-refractivity contribution in [1.82, 2.24) is 24.6 Å². The minimum Gasteiger partial charge on any atom is -0.481 e. The maximum atomic E-state index is 13.6. The van der Waals surface area contributed by atoms with E-state index in [1.165, 1.54) is 6.42 Å². The highest BCUT2D eigenvalue weighted by Crippen LogP contribution is 2.75. The third-order valence-corrected chi connectivity index (χ3v) is 17.1. The summed E-state index contributed by atoms with van der Waals surface area (Å²) in [6, 6.07) is 4.44. The SMILES string of the molecule is CC(C)[C@@H](C)[C@@]1(C)CC[C@]2(C)[C@H]3CC[C@@H]4[C@@]5(COC[C@]4(C)[C@@H](OC[C@@H]4CCCN4C)[C@H](n4ncnc4-c4ccncc4)C5)C3=CC[C@@]2(C)[C@@H]1C(=O)O. The third kappa shape index (κ3) is 5.03. The molecule has 52 heavy (non-hydrogen) atoms. The van der Waals surface area contributed by atoms with Gasteiger partial charge < -0.3 is 19.5 Å². The van der Waals surface area contributed by atoms with E-state index in [2.05, 4.69) is 76.2 Å². The second kappa shape index (κ2) is 12.7. The molecule has 3 saturated carbocycles. The molecular formula is C43H63N5O4. The number of allylic oxidation sites excluding steroid dienone is 1. The van der Waals surface area contributed by atoms with Crippen molar-refractivity contribution in [3.63, 3.8) is 0 Å². The summed E-state index contributed by atoms with van der Waals surface area (Å²) in [6.07, 6.45) is 16.1. The van der Waals surface area contributed by atoms with Gasteiger partial charge in [-0.05, 0) is 117 Å². The van der Waals surface area contributed by atoms with Crippen LogP contribution in [0.4, 0.5) is 0 Å². The molecule has 0 radical (unpaired) electrons. The minimum absolute atomic E-state index is 0.0309. The molecule has 4 aliphatic carbocycles. The van der Waals surface area contributed by atoms with Crippen molar-refractivity contribution >= 4 is 5.97 Å². The topological polar surface area (TPSA) is 103 Å². The van der Waals surface area contributed by atoms with E-state index in [1.54, 1.807) is 11.9 Å². The van der Waals surface area contributed by atoms with Crippen molar-refractivity contribution in [1.29, 1.82) is 0 Å². The molecule has 9 nitrogen and oxygen atoms in total. The van der Waals surface area contributed by atoms with Crippen molar-refractivity contribution in [2.45, 2.75) is 118 Å². The fraction of sp³-hybridized carbons (Fsp3) is 0.767. The first-order valence-corrected chi connectivity index (χ1v) is 20.3. The van der Waals surface area contributed by atoms with E-state index in [-0.39, 0.29) is 39.2 Å². The number of carboxylic acids is 1. The van der Waals surface area contributed by atoms with Crippen LogP contribution in [0, 0.1) is 56.7 Å². The van der Waals surface area contributed by atoms with Crippen LogP contribution < -0.4 is 0 Å². The average Bonchev–Trinajstić information content (AvgIpc) is 3.77. The van der Waals surface area contributed by atoms with Crippen LogP contribution in [0.25, 0.3) is 11.4 Å². The van der Waals surface area contributed by atoms with Gasteiger partial charge in [-0.25, -0.2) is 9.67 Å². The minimum atomic E-state index is -0.610. The molecule has 2 aromatic rings. The molecule has 9 heteroatoms. The predicted molar refractivity (Wildman–Crippen MR) is 201 cm³/mol. The first kappa shape index (κ1) is 36.4. The Hall–Kier alpha value is -2.62. The lowest BCUT2D eigenvalue weighted by atomic mass is 9.34. The van der Waals surface area contributed by atoms with E-state index >= 15 is 0 Å². The molecule has 0 unspecified atom stereocenters. The van der Waals surface area contributed by atoms with Crippen molar-refractivity contribution in [2.24, 2.45) is 56.7 Å². The van der Waals surface area contributed by atoms with Gasteiger partial charge in [-0.2, -0.15) is 5.10 Å². The molecule has 8 rings (SSSR count). The van der Waals surface area contributed by atoms with Crippen LogP contribution in [-0.4, -0.2) is 81.3 Å². The summed E-state index contributed by atoms with van der Waals surface area (Å²) in [5.74, 6) is 1.31. The van der Waals surface area contributed by atoms with Crippen molar-refractivity contribution in [3.8, 4) is 11.4 Å². The highest BCUT2D eigenvalue weighted by molar-refractivity contribution is 5.73. The molecule has 2 saturated heterocycles. The first-order chi connectivity index (χ1) is 24.7. The Balaban J connectivity index is 1.23. The van der Waals surface area contributed by atoms with Gasteiger partial charge >= 0.3 is 5.97 Å². The van der Waals surface area contributed by atoms with Crippen LogP contribution in [0.15, 0.2) is 42.5 Å². The molecule has 4 heterocycles. The number of carbonyl (C=O) groups is 1. The molecule has 2 aliphatic heterocycles. The highest BCUT2D eigenvalue weighted by atomic mass is 16.5. The van der Waals surface area contributed by atoms with E-state index in [4.69, 9.17) is 19.6 Å². The van der Waals surface area contributed by atoms with E-state index in [1.807, 2.05) is 24.5 Å². The number of likely N-dealkylation sites (tertiary alicyclic amines) is 1. The Morgan fingerprint density at radius 1 is 1.06 bits per heavy atom. The molecule has 284 valence electrons. The summed E-state index contributed by atoms with van der Waals surface area (Å²) in [5.41, 5.74) is 1.41. The lowest BCUT2D eigenvalue weighted by molar-refractivity contribution is -0.251. The molecule has 0 amide bonds. The lowest BCUT2D eigenvalue weighted by Gasteiger charge is -2.71. The lowest BCUT2D eigenvalue weighted by Crippen LogP contribution is -2.69. The Kier molecular flexibility index (Phi) is 8.90. The number of pyridine rings is 1. The number of ether oxygens (including phenoxy) is 2. The number of hydrogen-bond acceptors (Lipinski definition) is 7. The first-order valence-electron chi connectivity index (χ1n) is 20.3. The monoisotopic (exact) mass is 713 g/mol. The number of hydrogen-bond donors (Lipinski definition) is 1. The molecule has 6 aliphatic rings. The summed E-state index contributed by atoms with van der Waals surface area (Å²) in [7, 11) is 2.23. The van der Waals surface area contributed by atoms with Gasteiger partial charge in [0, 0.05) is 34.8 Å².